The molecule has 9 heteroatoms. The second-order valence-corrected chi connectivity index (χ2v) is 11.5. The molecule has 3 heterocycles. The Kier molecular flexibility index (Phi) is 7.04. The first-order valence-electron chi connectivity index (χ1n) is 11.8. The molecule has 182 valence electrons. The topological polar surface area (TPSA) is 97.2 Å². The van der Waals surface area contributed by atoms with E-state index in [9.17, 15) is 13.2 Å². The largest absolute Gasteiger partial charge is 0.352 e. The van der Waals surface area contributed by atoms with Gasteiger partial charge in [-0.05, 0) is 58.5 Å². The van der Waals surface area contributed by atoms with Crippen molar-refractivity contribution in [3.63, 3.8) is 0 Å². The van der Waals surface area contributed by atoms with Crippen molar-refractivity contribution in [3.05, 3.63) is 47.2 Å². The molecule has 1 unspecified atom stereocenters. The molecule has 0 aliphatic carbocycles. The summed E-state index contributed by atoms with van der Waals surface area (Å²) in [4.78, 5) is 20.3. The van der Waals surface area contributed by atoms with Gasteiger partial charge in [0.15, 0.2) is 15.5 Å². The van der Waals surface area contributed by atoms with Crippen LogP contribution in [-0.2, 0) is 16.3 Å². The molecule has 0 radical (unpaired) electrons. The molecule has 1 aliphatic heterocycles. The second kappa shape index (κ2) is 9.84. The zero-order valence-corrected chi connectivity index (χ0v) is 21.2. The molecule has 2 aromatic heterocycles. The van der Waals surface area contributed by atoms with Gasteiger partial charge in [-0.25, -0.2) is 18.1 Å². The maximum absolute atomic E-state index is 13.3. The number of fused-ring (bicyclic) bond motifs is 1. The lowest BCUT2D eigenvalue weighted by Gasteiger charge is -2.13. The molecule has 0 bridgehead atoms. The van der Waals surface area contributed by atoms with E-state index >= 15 is 0 Å². The van der Waals surface area contributed by atoms with Gasteiger partial charge in [0, 0.05) is 12.1 Å². The van der Waals surface area contributed by atoms with Crippen molar-refractivity contribution >= 4 is 26.8 Å². The van der Waals surface area contributed by atoms with E-state index in [1.54, 1.807) is 4.68 Å². The third kappa shape index (κ3) is 5.15. The smallest absolute Gasteiger partial charge is 0.252 e. The van der Waals surface area contributed by atoms with Crippen molar-refractivity contribution in [1.82, 2.24) is 25.0 Å². The molecule has 1 aromatic carbocycles. The molecule has 1 atom stereocenters. The van der Waals surface area contributed by atoms with Crippen molar-refractivity contribution in [2.75, 3.05) is 38.7 Å². The van der Waals surface area contributed by atoms with Gasteiger partial charge in [-0.3, -0.25) is 4.79 Å². The van der Waals surface area contributed by atoms with Crippen molar-refractivity contribution in [2.24, 2.45) is 0 Å². The third-order valence-corrected chi connectivity index (χ3v) is 8.11. The first-order chi connectivity index (χ1) is 16.2. The molecule has 3 aromatic rings. The average molecular weight is 484 g/mol. The number of carbonyl (C=O) groups excluding carboxylic acids is 1. The van der Waals surface area contributed by atoms with Gasteiger partial charge >= 0.3 is 0 Å². The molecule has 1 N–H and O–H groups in total. The Morgan fingerprint density at radius 1 is 1.24 bits per heavy atom. The Labute approximate surface area is 201 Å². The van der Waals surface area contributed by atoms with Crippen LogP contribution in [0.5, 0.6) is 0 Å². The fourth-order valence-corrected chi connectivity index (χ4v) is 6.16. The Morgan fingerprint density at radius 3 is 2.59 bits per heavy atom. The first kappa shape index (κ1) is 24.3. The van der Waals surface area contributed by atoms with Crippen LogP contribution >= 0.6 is 0 Å². The number of benzene rings is 1. The zero-order valence-electron chi connectivity index (χ0n) is 20.3. The van der Waals surface area contributed by atoms with Crippen molar-refractivity contribution in [2.45, 2.75) is 39.2 Å². The highest BCUT2D eigenvalue weighted by molar-refractivity contribution is 7.91. The Balaban J connectivity index is 1.79. The normalized spacial score (nSPS) is 17.5. The van der Waals surface area contributed by atoms with Gasteiger partial charge in [-0.15, -0.1) is 0 Å². The Morgan fingerprint density at radius 2 is 1.97 bits per heavy atom. The lowest BCUT2D eigenvalue weighted by Crippen LogP contribution is -2.27. The second-order valence-electron chi connectivity index (χ2n) is 9.30. The number of carbonyl (C=O) groups is 1. The number of nitrogens with one attached hydrogen (secondary N) is 1. The lowest BCUT2D eigenvalue weighted by atomic mass is 10.0. The highest BCUT2D eigenvalue weighted by Crippen LogP contribution is 2.32. The van der Waals surface area contributed by atoms with E-state index in [-0.39, 0.29) is 23.5 Å². The summed E-state index contributed by atoms with van der Waals surface area (Å²) in [6, 6.07) is 9.71. The standard InChI is InChI=1S/C25H33N5O3S/c1-5-18-7-9-19(10-8-18)22-15-21(25(31)26-12-6-13-29(3)4)23-17(2)28-30(24(23)27-22)20-11-14-34(32,33)16-20/h7-10,15,20H,5-6,11-14,16H2,1-4H3,(H,26,31). The average Bonchev–Trinajstić information content (AvgIpc) is 3.34. The number of aromatic nitrogens is 3. The van der Waals surface area contributed by atoms with Crippen LogP contribution in [0.2, 0.25) is 0 Å². The van der Waals surface area contributed by atoms with Crippen molar-refractivity contribution < 1.29 is 13.2 Å². The summed E-state index contributed by atoms with van der Waals surface area (Å²) in [5.41, 5.74) is 4.57. The highest BCUT2D eigenvalue weighted by Gasteiger charge is 2.32. The predicted octanol–water partition coefficient (Wildman–Crippen LogP) is 3.01. The minimum atomic E-state index is -3.09. The molecule has 1 aliphatic rings. The molecule has 0 saturated carbocycles. The summed E-state index contributed by atoms with van der Waals surface area (Å²) in [6.45, 7) is 5.40. The Hall–Kier alpha value is -2.78. The van der Waals surface area contributed by atoms with E-state index in [4.69, 9.17) is 4.98 Å². The van der Waals surface area contributed by atoms with Crippen LogP contribution in [0.15, 0.2) is 30.3 Å². The van der Waals surface area contributed by atoms with Crippen LogP contribution in [0.4, 0.5) is 0 Å². The van der Waals surface area contributed by atoms with Crippen LogP contribution in [0.1, 0.15) is 47.4 Å². The molecule has 4 rings (SSSR count). The molecular weight excluding hydrogens is 450 g/mol. The maximum Gasteiger partial charge on any atom is 0.252 e. The maximum atomic E-state index is 13.3. The summed E-state index contributed by atoms with van der Waals surface area (Å²) in [5, 5.41) is 8.39. The van der Waals surface area contributed by atoms with Gasteiger partial charge in [0.05, 0.1) is 39.9 Å². The molecule has 1 fully saturated rings. The van der Waals surface area contributed by atoms with E-state index in [1.807, 2.05) is 39.2 Å². The minimum absolute atomic E-state index is 0.0480. The van der Waals surface area contributed by atoms with E-state index < -0.39 is 9.84 Å². The molecule has 34 heavy (non-hydrogen) atoms. The quantitative estimate of drug-likeness (QED) is 0.495. The number of amides is 1. The predicted molar refractivity (Wildman–Crippen MR) is 135 cm³/mol. The monoisotopic (exact) mass is 483 g/mol. The minimum Gasteiger partial charge on any atom is -0.352 e. The van der Waals surface area contributed by atoms with Crippen LogP contribution in [0, 0.1) is 6.92 Å². The number of rotatable bonds is 8. The Bertz CT molecular complexity index is 1300. The summed E-state index contributed by atoms with van der Waals surface area (Å²) in [5.74, 6) is 0.0289. The molecule has 0 spiro atoms. The number of aryl methyl sites for hydroxylation is 2. The van der Waals surface area contributed by atoms with Gasteiger partial charge in [-0.2, -0.15) is 5.10 Å². The molecular formula is C25H33N5O3S. The van der Waals surface area contributed by atoms with Crippen molar-refractivity contribution in [3.8, 4) is 11.3 Å². The van der Waals surface area contributed by atoms with Crippen LogP contribution < -0.4 is 5.32 Å². The summed E-state index contributed by atoms with van der Waals surface area (Å²) >= 11 is 0. The summed E-state index contributed by atoms with van der Waals surface area (Å²) < 4.78 is 26.0. The van der Waals surface area contributed by atoms with Crippen molar-refractivity contribution in [1.29, 1.82) is 0 Å². The van der Waals surface area contributed by atoms with Gasteiger partial charge in [0.2, 0.25) is 0 Å². The third-order valence-electron chi connectivity index (χ3n) is 6.36. The SMILES string of the molecule is CCc1ccc(-c2cc(C(=O)NCCCN(C)C)c3c(C)nn(C4CCS(=O)(=O)C4)c3n2)cc1. The van der Waals surface area contributed by atoms with E-state index in [0.29, 0.717) is 41.0 Å². The first-order valence-corrected chi connectivity index (χ1v) is 13.6. The van der Waals surface area contributed by atoms with Gasteiger partial charge < -0.3 is 10.2 Å². The number of sulfone groups is 1. The lowest BCUT2D eigenvalue weighted by molar-refractivity contribution is 0.0954. The van der Waals surface area contributed by atoms with E-state index in [2.05, 4.69) is 34.4 Å². The fourth-order valence-electron chi connectivity index (χ4n) is 4.47. The number of pyridine rings is 1. The summed E-state index contributed by atoms with van der Waals surface area (Å²) in [7, 11) is 0.917. The van der Waals surface area contributed by atoms with Gasteiger partial charge in [0.25, 0.3) is 5.91 Å². The molecule has 8 nitrogen and oxygen atoms in total. The fraction of sp³-hybridized carbons (Fsp3) is 0.480. The van der Waals surface area contributed by atoms with Crippen LogP contribution in [0.3, 0.4) is 0 Å². The van der Waals surface area contributed by atoms with Gasteiger partial charge in [0.1, 0.15) is 0 Å². The molecule has 1 amide bonds. The van der Waals surface area contributed by atoms with Crippen LogP contribution in [-0.4, -0.2) is 72.7 Å². The number of hydrogen-bond donors (Lipinski definition) is 1. The highest BCUT2D eigenvalue weighted by atomic mass is 32.2. The van der Waals surface area contributed by atoms with E-state index in [0.717, 1.165) is 24.9 Å². The van der Waals surface area contributed by atoms with E-state index in [1.165, 1.54) is 5.56 Å². The number of hydrogen-bond acceptors (Lipinski definition) is 6. The number of nitrogens with zero attached hydrogens (tertiary/aromatic N) is 4. The van der Waals surface area contributed by atoms with Gasteiger partial charge in [-0.1, -0.05) is 31.2 Å². The summed E-state index contributed by atoms with van der Waals surface area (Å²) in [6.07, 6.45) is 2.29. The van der Waals surface area contributed by atoms with Crippen LogP contribution in [0.25, 0.3) is 22.3 Å². The molecule has 1 saturated heterocycles. The zero-order chi connectivity index (χ0) is 24.5.